The lowest BCUT2D eigenvalue weighted by atomic mass is 10.1. The van der Waals surface area contributed by atoms with Gasteiger partial charge in [-0.15, -0.1) is 0 Å². The summed E-state index contributed by atoms with van der Waals surface area (Å²) >= 11 is 0. The number of fused-ring (bicyclic) bond motifs is 1. The molecule has 1 aromatic rings. The lowest BCUT2D eigenvalue weighted by Crippen LogP contribution is -2.29. The zero-order valence-corrected chi connectivity index (χ0v) is 10.1. The average Bonchev–Trinajstić information content (AvgIpc) is 2.81. The molecule has 4 heteroatoms. The minimum atomic E-state index is 0.0492. The Morgan fingerprint density at radius 2 is 2.35 bits per heavy atom. The van der Waals surface area contributed by atoms with Gasteiger partial charge in [0.05, 0.1) is 6.61 Å². The van der Waals surface area contributed by atoms with Crippen LogP contribution in [0.3, 0.4) is 0 Å². The van der Waals surface area contributed by atoms with Gasteiger partial charge in [-0.1, -0.05) is 0 Å². The van der Waals surface area contributed by atoms with Gasteiger partial charge >= 0.3 is 0 Å². The minimum Gasteiger partial charge on any atom is -0.493 e. The van der Waals surface area contributed by atoms with E-state index < -0.39 is 0 Å². The summed E-state index contributed by atoms with van der Waals surface area (Å²) in [5.41, 5.74) is 7.29. The van der Waals surface area contributed by atoms with Crippen LogP contribution in [-0.4, -0.2) is 37.6 Å². The highest BCUT2D eigenvalue weighted by Gasteiger charge is 2.16. The van der Waals surface area contributed by atoms with Crippen molar-refractivity contribution < 1.29 is 9.53 Å². The van der Waals surface area contributed by atoms with E-state index in [2.05, 4.69) is 0 Å². The highest BCUT2D eigenvalue weighted by Crippen LogP contribution is 2.26. The van der Waals surface area contributed by atoms with E-state index in [4.69, 9.17) is 10.5 Å². The van der Waals surface area contributed by atoms with Gasteiger partial charge in [-0.25, -0.2) is 0 Å². The molecule has 2 rings (SSSR count). The van der Waals surface area contributed by atoms with Gasteiger partial charge in [0.15, 0.2) is 0 Å². The van der Waals surface area contributed by atoms with Crippen molar-refractivity contribution in [1.29, 1.82) is 0 Å². The van der Waals surface area contributed by atoms with Gasteiger partial charge in [-0.3, -0.25) is 4.79 Å². The largest absolute Gasteiger partial charge is 0.493 e. The third kappa shape index (κ3) is 2.58. The molecule has 92 valence electrons. The summed E-state index contributed by atoms with van der Waals surface area (Å²) in [6.45, 7) is 2.02. The van der Waals surface area contributed by atoms with Crippen molar-refractivity contribution in [2.24, 2.45) is 5.73 Å². The van der Waals surface area contributed by atoms with E-state index in [1.165, 1.54) is 0 Å². The third-order valence-electron chi connectivity index (χ3n) is 2.98. The Bertz CT molecular complexity index is 418. The van der Waals surface area contributed by atoms with Crippen LogP contribution < -0.4 is 10.5 Å². The van der Waals surface area contributed by atoms with Crippen molar-refractivity contribution >= 4 is 5.91 Å². The summed E-state index contributed by atoms with van der Waals surface area (Å²) in [4.78, 5) is 13.8. The first-order valence-corrected chi connectivity index (χ1v) is 5.93. The molecule has 4 nitrogen and oxygen atoms in total. The lowest BCUT2D eigenvalue weighted by Gasteiger charge is -2.17. The SMILES string of the molecule is CN(CCCN)C(=O)c1ccc2c(c1)CCO2. The molecule has 0 unspecified atom stereocenters. The van der Waals surface area contributed by atoms with Gasteiger partial charge in [-0.2, -0.15) is 0 Å². The predicted molar refractivity (Wildman–Crippen MR) is 66.3 cm³/mol. The highest BCUT2D eigenvalue weighted by molar-refractivity contribution is 5.94. The Balaban J connectivity index is 2.09. The molecule has 2 N–H and O–H groups in total. The molecule has 1 aliphatic heterocycles. The van der Waals surface area contributed by atoms with Crippen LogP contribution >= 0.6 is 0 Å². The number of carbonyl (C=O) groups is 1. The first kappa shape index (κ1) is 11.9. The number of hydrogen-bond acceptors (Lipinski definition) is 3. The normalized spacial score (nSPS) is 13.1. The Labute approximate surface area is 101 Å². The highest BCUT2D eigenvalue weighted by atomic mass is 16.5. The average molecular weight is 234 g/mol. The molecular weight excluding hydrogens is 216 g/mol. The lowest BCUT2D eigenvalue weighted by molar-refractivity contribution is 0.0794. The van der Waals surface area contributed by atoms with E-state index >= 15 is 0 Å². The zero-order chi connectivity index (χ0) is 12.3. The summed E-state index contributed by atoms with van der Waals surface area (Å²) in [7, 11) is 1.81. The van der Waals surface area contributed by atoms with Crippen molar-refractivity contribution in [2.75, 3.05) is 26.7 Å². The summed E-state index contributed by atoms with van der Waals surface area (Å²) in [5.74, 6) is 0.958. The summed E-state index contributed by atoms with van der Waals surface area (Å²) in [6.07, 6.45) is 1.72. The number of amides is 1. The number of carbonyl (C=O) groups excluding carboxylic acids is 1. The fraction of sp³-hybridized carbons (Fsp3) is 0.462. The van der Waals surface area contributed by atoms with Crippen molar-refractivity contribution in [3.8, 4) is 5.75 Å². The van der Waals surface area contributed by atoms with Crippen LogP contribution in [0.15, 0.2) is 18.2 Å². The van der Waals surface area contributed by atoms with E-state index in [-0.39, 0.29) is 5.91 Å². The minimum absolute atomic E-state index is 0.0492. The van der Waals surface area contributed by atoms with Crippen LogP contribution in [-0.2, 0) is 6.42 Å². The first-order valence-electron chi connectivity index (χ1n) is 5.93. The molecule has 0 aromatic heterocycles. The number of nitrogens with zero attached hydrogens (tertiary/aromatic N) is 1. The van der Waals surface area contributed by atoms with E-state index in [0.29, 0.717) is 13.1 Å². The van der Waals surface area contributed by atoms with Crippen LogP contribution in [0, 0.1) is 0 Å². The second-order valence-electron chi connectivity index (χ2n) is 4.29. The maximum Gasteiger partial charge on any atom is 0.253 e. The van der Waals surface area contributed by atoms with Crippen molar-refractivity contribution in [2.45, 2.75) is 12.8 Å². The molecule has 0 spiro atoms. The van der Waals surface area contributed by atoms with Crippen molar-refractivity contribution in [3.05, 3.63) is 29.3 Å². The number of nitrogens with two attached hydrogens (primary N) is 1. The fourth-order valence-corrected chi connectivity index (χ4v) is 1.97. The van der Waals surface area contributed by atoms with Gasteiger partial charge < -0.3 is 15.4 Å². The standard InChI is InChI=1S/C13H18N2O2/c1-15(7-2-6-14)13(16)11-3-4-12-10(9-11)5-8-17-12/h3-4,9H,2,5-8,14H2,1H3. The molecule has 17 heavy (non-hydrogen) atoms. The van der Waals surface area contributed by atoms with Crippen LogP contribution in [0.2, 0.25) is 0 Å². The second kappa shape index (κ2) is 5.19. The Kier molecular flexibility index (Phi) is 3.64. The molecule has 0 saturated heterocycles. The monoisotopic (exact) mass is 234 g/mol. The van der Waals surface area contributed by atoms with Gasteiger partial charge in [0, 0.05) is 25.6 Å². The Morgan fingerprint density at radius 3 is 3.12 bits per heavy atom. The van der Waals surface area contributed by atoms with E-state index in [0.717, 1.165) is 36.3 Å². The molecule has 0 radical (unpaired) electrons. The molecule has 0 atom stereocenters. The molecule has 1 aromatic carbocycles. The van der Waals surface area contributed by atoms with Gasteiger partial charge in [0.25, 0.3) is 5.91 Å². The molecule has 1 aliphatic rings. The van der Waals surface area contributed by atoms with Gasteiger partial charge in [-0.05, 0) is 36.7 Å². The molecule has 1 heterocycles. The van der Waals surface area contributed by atoms with Crippen molar-refractivity contribution in [3.63, 3.8) is 0 Å². The summed E-state index contributed by atoms with van der Waals surface area (Å²) in [6, 6.07) is 5.64. The molecule has 0 bridgehead atoms. The first-order chi connectivity index (χ1) is 8.22. The van der Waals surface area contributed by atoms with Crippen LogP contribution in [0.25, 0.3) is 0 Å². The smallest absolute Gasteiger partial charge is 0.253 e. The summed E-state index contributed by atoms with van der Waals surface area (Å²) < 4.78 is 5.42. The number of benzene rings is 1. The number of hydrogen-bond donors (Lipinski definition) is 1. The molecule has 0 fully saturated rings. The second-order valence-corrected chi connectivity index (χ2v) is 4.29. The number of ether oxygens (including phenoxy) is 1. The Hall–Kier alpha value is -1.55. The fourth-order valence-electron chi connectivity index (χ4n) is 1.97. The maximum atomic E-state index is 12.1. The van der Waals surface area contributed by atoms with Crippen LogP contribution in [0.5, 0.6) is 5.75 Å². The molecular formula is C13H18N2O2. The molecule has 0 aliphatic carbocycles. The van der Waals surface area contributed by atoms with Crippen LogP contribution in [0.4, 0.5) is 0 Å². The summed E-state index contributed by atoms with van der Waals surface area (Å²) in [5, 5.41) is 0. The predicted octanol–water partition coefficient (Wildman–Crippen LogP) is 1.04. The maximum absolute atomic E-state index is 12.1. The van der Waals surface area contributed by atoms with Crippen molar-refractivity contribution in [1.82, 2.24) is 4.90 Å². The quantitative estimate of drug-likeness (QED) is 0.847. The molecule has 0 saturated carbocycles. The molecule has 1 amide bonds. The zero-order valence-electron chi connectivity index (χ0n) is 10.1. The third-order valence-corrected chi connectivity index (χ3v) is 2.98. The van der Waals surface area contributed by atoms with Crippen LogP contribution in [0.1, 0.15) is 22.3 Å². The Morgan fingerprint density at radius 1 is 1.53 bits per heavy atom. The van der Waals surface area contributed by atoms with Gasteiger partial charge in [0.2, 0.25) is 0 Å². The topological polar surface area (TPSA) is 55.6 Å². The van der Waals surface area contributed by atoms with Gasteiger partial charge in [0.1, 0.15) is 5.75 Å². The van der Waals surface area contributed by atoms with E-state index in [1.807, 2.05) is 25.2 Å². The number of rotatable bonds is 4. The van der Waals surface area contributed by atoms with E-state index in [1.54, 1.807) is 4.90 Å². The van der Waals surface area contributed by atoms with E-state index in [9.17, 15) is 4.79 Å².